The first-order valence-corrected chi connectivity index (χ1v) is 16.7. The molecule has 0 bridgehead atoms. The van der Waals surface area contributed by atoms with Crippen LogP contribution in [0.15, 0.2) is 56.9 Å². The first-order valence-electron chi connectivity index (χ1n) is 15.9. The number of urea groups is 1. The fourth-order valence-electron chi connectivity index (χ4n) is 6.08. The van der Waals surface area contributed by atoms with Gasteiger partial charge in [-0.1, -0.05) is 24.3 Å². The lowest BCUT2D eigenvalue weighted by Crippen LogP contribution is -2.50. The van der Waals surface area contributed by atoms with Gasteiger partial charge in [0.05, 0.1) is 28.8 Å². The maximum absolute atomic E-state index is 13.3. The van der Waals surface area contributed by atoms with Crippen molar-refractivity contribution in [2.75, 3.05) is 44.6 Å². The number of carbonyl (C=O) groups is 4. The summed E-state index contributed by atoms with van der Waals surface area (Å²) >= 11 is 3.27. The Balaban J connectivity index is 1.19. The molecule has 3 aliphatic rings. The fourth-order valence-corrected chi connectivity index (χ4v) is 6.51. The van der Waals surface area contributed by atoms with E-state index < -0.39 is 24.0 Å². The number of nitrogens with one attached hydrogen (secondary N) is 2. The van der Waals surface area contributed by atoms with E-state index in [4.69, 9.17) is 9.94 Å². The minimum Gasteiger partial charge on any atom is -0.507 e. The molecule has 0 spiro atoms. The third-order valence-electron chi connectivity index (χ3n) is 8.77. The van der Waals surface area contributed by atoms with Crippen molar-refractivity contribution in [3.8, 4) is 5.75 Å². The summed E-state index contributed by atoms with van der Waals surface area (Å²) in [7, 11) is 0. The number of likely N-dealkylation sites (tertiary alicyclic amines) is 2. The Hall–Kier alpha value is -4.52. The molecule has 4 N–H and O–H groups in total. The third kappa shape index (κ3) is 9.30. The van der Waals surface area contributed by atoms with E-state index in [-0.39, 0.29) is 36.8 Å². The number of hydrogen-bond acceptors (Lipinski definition) is 9. The van der Waals surface area contributed by atoms with E-state index in [2.05, 4.69) is 43.0 Å². The number of phenolic OH excluding ortho intramolecular Hbond substituents is 1. The molecule has 5 amide bonds. The van der Waals surface area contributed by atoms with Crippen LogP contribution in [-0.2, 0) is 27.2 Å². The van der Waals surface area contributed by atoms with Crippen molar-refractivity contribution in [3.05, 3.63) is 58.1 Å². The van der Waals surface area contributed by atoms with Crippen LogP contribution >= 0.6 is 15.9 Å². The molecule has 2 aromatic rings. The minimum atomic E-state index is -1.27. The van der Waals surface area contributed by atoms with Gasteiger partial charge in [0, 0.05) is 50.9 Å². The number of halogens is 1. The molecule has 2 saturated heterocycles. The fraction of sp³-hybridized carbons (Fsp3) is 0.455. The monoisotopic (exact) mass is 723 g/mol. The topological polar surface area (TPSA) is 176 Å². The molecular weight excluding hydrogens is 686 g/mol. The minimum absolute atomic E-state index is 0.0105. The Labute approximate surface area is 286 Å². The quantitative estimate of drug-likeness (QED) is 0.182. The number of anilines is 1. The second-order valence-corrected chi connectivity index (χ2v) is 12.8. The van der Waals surface area contributed by atoms with E-state index >= 15 is 0 Å². The Morgan fingerprint density at radius 3 is 2.52 bits per heavy atom. The van der Waals surface area contributed by atoms with Gasteiger partial charge >= 0.3 is 12.1 Å². The second kappa shape index (κ2) is 16.5. The molecule has 254 valence electrons. The smallest absolute Gasteiger partial charge is 0.410 e. The molecule has 2 aromatic carbocycles. The van der Waals surface area contributed by atoms with Crippen molar-refractivity contribution in [2.45, 2.75) is 56.7 Å². The summed E-state index contributed by atoms with van der Waals surface area (Å²) in [6.07, 6.45) is 1.26. The zero-order chi connectivity index (χ0) is 34.0. The number of para-hydroxylation sites is 1. The van der Waals surface area contributed by atoms with Crippen molar-refractivity contribution >= 4 is 57.3 Å². The maximum atomic E-state index is 13.3. The lowest BCUT2D eigenvalue weighted by Gasteiger charge is -2.37. The van der Waals surface area contributed by atoms with Crippen molar-refractivity contribution in [1.82, 2.24) is 20.2 Å². The third-order valence-corrected chi connectivity index (χ3v) is 9.40. The van der Waals surface area contributed by atoms with Crippen molar-refractivity contribution in [3.63, 3.8) is 0 Å². The summed E-state index contributed by atoms with van der Waals surface area (Å²) in [6.45, 7) is 2.59. The van der Waals surface area contributed by atoms with Gasteiger partial charge in [-0.3, -0.25) is 19.7 Å². The Bertz CT molecular complexity index is 1610. The van der Waals surface area contributed by atoms with Gasteiger partial charge in [0.2, 0.25) is 0 Å². The van der Waals surface area contributed by atoms with Crippen LogP contribution in [0.4, 0.5) is 15.3 Å². The summed E-state index contributed by atoms with van der Waals surface area (Å²) in [4.78, 5) is 64.2. The molecule has 15 heteroatoms. The number of ether oxygens (including phenoxy) is 1. The van der Waals surface area contributed by atoms with Gasteiger partial charge < -0.3 is 25.0 Å². The van der Waals surface area contributed by atoms with Crippen LogP contribution < -0.4 is 10.8 Å². The predicted molar refractivity (Wildman–Crippen MR) is 180 cm³/mol. The Kier molecular flexibility index (Phi) is 12.0. The molecular formula is C33H38BrN7O7. The number of nitrogens with zero attached hydrogens (tertiary/aromatic N) is 5. The summed E-state index contributed by atoms with van der Waals surface area (Å²) < 4.78 is 6.14. The summed E-state index contributed by atoms with van der Waals surface area (Å²) in [5.74, 6) is 3.82. The molecule has 48 heavy (non-hydrogen) atoms. The number of rotatable bonds is 8. The number of hydroxylamine groups is 1. The van der Waals surface area contributed by atoms with Gasteiger partial charge in [-0.15, -0.1) is 0 Å². The van der Waals surface area contributed by atoms with E-state index in [1.165, 1.54) is 11.0 Å². The van der Waals surface area contributed by atoms with Gasteiger partial charge in [0.25, 0.3) is 11.8 Å². The maximum Gasteiger partial charge on any atom is 0.410 e. The van der Waals surface area contributed by atoms with E-state index in [0.717, 1.165) is 17.7 Å². The lowest BCUT2D eigenvalue weighted by atomic mass is 10.0. The van der Waals surface area contributed by atoms with Crippen LogP contribution in [0.1, 0.15) is 36.8 Å². The van der Waals surface area contributed by atoms with Gasteiger partial charge in [-0.25, -0.2) is 20.1 Å². The number of hydrogen-bond donors (Lipinski definition) is 4. The molecule has 2 fully saturated rings. The first-order chi connectivity index (χ1) is 23.2. The number of carbonyl (C=O) groups excluding carboxylic acids is 4. The molecule has 0 aliphatic carbocycles. The van der Waals surface area contributed by atoms with Gasteiger partial charge in [0.1, 0.15) is 5.75 Å². The summed E-state index contributed by atoms with van der Waals surface area (Å²) in [5, 5.41) is 21.6. The van der Waals surface area contributed by atoms with E-state index in [9.17, 15) is 24.3 Å². The van der Waals surface area contributed by atoms with E-state index in [1.54, 1.807) is 17.6 Å². The van der Waals surface area contributed by atoms with Crippen LogP contribution in [-0.4, -0.2) is 118 Å². The zero-order valence-electron chi connectivity index (χ0n) is 26.3. The molecule has 3 heterocycles. The van der Waals surface area contributed by atoms with Gasteiger partial charge in [-0.05, 0) is 77.4 Å². The standard InChI is InChI=1S/C33H38BrN7O7/c34-26-19-22(5-6-28(26)42)20-29(31(44)36-13-12-35-24-8-14-39(15-9-24)21-30(43)38-47)48-33(46)40-16-10-25(11-17-40)41-18-7-23-3-1-2-4-27(23)37-32(41)45/h1-6,19,24-25,29,42,47H,7-11,14-18,20-21H2,(H,37,45)(H,38,43)/t29-/m1/s1. The van der Waals surface area contributed by atoms with E-state index in [0.29, 0.717) is 68.4 Å². The molecule has 5 rings (SSSR count). The van der Waals surface area contributed by atoms with Gasteiger partial charge in [0.15, 0.2) is 6.10 Å². The van der Waals surface area contributed by atoms with Crippen LogP contribution in [0.2, 0.25) is 0 Å². The van der Waals surface area contributed by atoms with Crippen LogP contribution in [0, 0.1) is 0 Å². The Morgan fingerprint density at radius 2 is 1.79 bits per heavy atom. The highest BCUT2D eigenvalue weighted by molar-refractivity contribution is 9.10. The number of benzene rings is 2. The predicted octanol–water partition coefficient (Wildman–Crippen LogP) is 3.15. The first kappa shape index (κ1) is 34.8. The number of amides is 5. The normalized spacial score (nSPS) is 17.9. The van der Waals surface area contributed by atoms with Crippen molar-refractivity contribution in [1.29, 1.82) is 0 Å². The largest absolute Gasteiger partial charge is 0.507 e. The molecule has 0 radical (unpaired) electrons. The van der Waals surface area contributed by atoms with Crippen molar-refractivity contribution in [2.24, 2.45) is 9.98 Å². The van der Waals surface area contributed by atoms with E-state index in [1.807, 2.05) is 34.1 Å². The number of aromatic hydroxyl groups is 1. The molecule has 0 unspecified atom stereocenters. The van der Waals surface area contributed by atoms with Crippen LogP contribution in [0.25, 0.3) is 0 Å². The molecule has 0 aromatic heterocycles. The van der Waals surface area contributed by atoms with Crippen LogP contribution in [0.3, 0.4) is 0 Å². The number of piperidine rings is 2. The number of fused-ring (bicyclic) bond motifs is 1. The Morgan fingerprint density at radius 1 is 1.04 bits per heavy atom. The average molecular weight is 725 g/mol. The summed E-state index contributed by atoms with van der Waals surface area (Å²) in [6, 6.07) is 12.2. The SMILES string of the molecule is O=C(CN1CCC(N=C=C=NC(=O)[C@@H](Cc2ccc(O)c(Br)c2)OC(=O)N2CCC(N3CCc4ccccc4NC3=O)CC2)CC1)NO. The highest BCUT2D eigenvalue weighted by atomic mass is 79.9. The molecule has 3 aliphatic heterocycles. The highest BCUT2D eigenvalue weighted by Gasteiger charge is 2.33. The molecule has 14 nitrogen and oxygen atoms in total. The average Bonchev–Trinajstić information content (AvgIpc) is 3.26. The highest BCUT2D eigenvalue weighted by Crippen LogP contribution is 2.27. The summed E-state index contributed by atoms with van der Waals surface area (Å²) in [5.41, 5.74) is 4.16. The molecule has 1 atom stereocenters. The van der Waals surface area contributed by atoms with Crippen molar-refractivity contribution < 1.29 is 34.2 Å². The van der Waals surface area contributed by atoms with Gasteiger partial charge in [-0.2, -0.15) is 4.99 Å². The van der Waals surface area contributed by atoms with Crippen LogP contribution in [0.5, 0.6) is 5.75 Å². The second-order valence-electron chi connectivity index (χ2n) is 12.0. The number of phenols is 1. The lowest BCUT2D eigenvalue weighted by molar-refractivity contribution is -0.130. The zero-order valence-corrected chi connectivity index (χ0v) is 27.9. The number of aliphatic imine (C=N–C) groups is 2. The molecule has 0 saturated carbocycles.